The van der Waals surface area contributed by atoms with Gasteiger partial charge in [0.1, 0.15) is 18.0 Å². The normalized spacial score (nSPS) is 16.0. The number of halogens is 2. The van der Waals surface area contributed by atoms with Crippen LogP contribution in [0, 0.1) is 5.82 Å². The van der Waals surface area contributed by atoms with Gasteiger partial charge in [-0.25, -0.2) is 14.2 Å². The number of carboxylic acid groups (broad SMARTS) is 1. The number of rotatable bonds is 4. The number of para-hydroxylation sites is 1. The number of alkyl carbamates (subject to hydrolysis) is 1. The highest BCUT2D eigenvalue weighted by Gasteiger charge is 2.36. The third-order valence-corrected chi connectivity index (χ3v) is 4.65. The first kappa shape index (κ1) is 23.2. The molecule has 1 atom stereocenters. The van der Waals surface area contributed by atoms with Gasteiger partial charge in [0.2, 0.25) is 6.17 Å². The van der Waals surface area contributed by atoms with Crippen LogP contribution in [0.2, 0.25) is 5.02 Å². The Bertz CT molecular complexity index is 1110. The second-order valence-electron chi connectivity index (χ2n) is 7.96. The molecule has 2 aromatic rings. The lowest BCUT2D eigenvalue weighted by Crippen LogP contribution is -2.50. The van der Waals surface area contributed by atoms with Gasteiger partial charge in [-0.05, 0) is 39.0 Å². The van der Waals surface area contributed by atoms with Crippen molar-refractivity contribution in [1.29, 1.82) is 0 Å². The molecule has 1 aliphatic rings. The SMILES string of the molecule is CC(C)(C)OC(=O)N[C@H]1N=C(c2ccccc2F)c2cccc(Cl)c2N(CC(=O)O)C1=O. The Balaban J connectivity index is 2.21. The van der Waals surface area contributed by atoms with Crippen LogP contribution in [0.25, 0.3) is 0 Å². The number of ether oxygens (including phenoxy) is 1. The largest absolute Gasteiger partial charge is 0.480 e. The van der Waals surface area contributed by atoms with E-state index in [4.69, 9.17) is 16.3 Å². The van der Waals surface area contributed by atoms with Crippen molar-refractivity contribution < 1.29 is 28.6 Å². The molecule has 3 rings (SSSR count). The number of nitrogens with zero attached hydrogens (tertiary/aromatic N) is 2. The molecule has 0 bridgehead atoms. The molecule has 0 unspecified atom stereocenters. The Labute approximate surface area is 188 Å². The van der Waals surface area contributed by atoms with Gasteiger partial charge in [-0.1, -0.05) is 35.9 Å². The number of carboxylic acids is 1. The van der Waals surface area contributed by atoms with Crippen LogP contribution in [-0.2, 0) is 14.3 Å². The zero-order chi connectivity index (χ0) is 23.6. The van der Waals surface area contributed by atoms with Gasteiger partial charge in [0, 0.05) is 11.1 Å². The average molecular weight is 462 g/mol. The van der Waals surface area contributed by atoms with Gasteiger partial charge in [0.05, 0.1) is 16.4 Å². The first-order chi connectivity index (χ1) is 15.0. The second kappa shape index (κ2) is 8.96. The zero-order valence-corrected chi connectivity index (χ0v) is 18.3. The van der Waals surface area contributed by atoms with E-state index in [1.807, 2.05) is 0 Å². The lowest BCUT2D eigenvalue weighted by Gasteiger charge is -2.25. The van der Waals surface area contributed by atoms with Crippen LogP contribution in [0.3, 0.4) is 0 Å². The molecule has 0 saturated carbocycles. The van der Waals surface area contributed by atoms with Gasteiger partial charge in [-0.2, -0.15) is 0 Å². The molecule has 1 heterocycles. The lowest BCUT2D eigenvalue weighted by atomic mass is 9.99. The van der Waals surface area contributed by atoms with Crippen molar-refractivity contribution in [1.82, 2.24) is 5.32 Å². The topological polar surface area (TPSA) is 108 Å². The van der Waals surface area contributed by atoms with E-state index in [-0.39, 0.29) is 27.5 Å². The second-order valence-corrected chi connectivity index (χ2v) is 8.37. The Morgan fingerprint density at radius 3 is 2.47 bits per heavy atom. The first-order valence-corrected chi connectivity index (χ1v) is 10.00. The first-order valence-electron chi connectivity index (χ1n) is 9.62. The standard InChI is InChI=1S/C22H21ClFN3O5/c1-22(2,3)32-21(31)26-19-20(30)27(11-16(28)29)18-13(8-6-9-14(18)23)17(25-19)12-7-4-5-10-15(12)24/h4-10,19H,11H2,1-3H3,(H,26,31)(H,28,29)/t19-/m1/s1. The van der Waals surface area contributed by atoms with E-state index in [1.54, 1.807) is 39.0 Å². The van der Waals surface area contributed by atoms with Crippen molar-refractivity contribution in [2.75, 3.05) is 11.4 Å². The van der Waals surface area contributed by atoms with E-state index in [1.165, 1.54) is 24.3 Å². The molecule has 2 N–H and O–H groups in total. The monoisotopic (exact) mass is 461 g/mol. The zero-order valence-electron chi connectivity index (χ0n) is 17.6. The van der Waals surface area contributed by atoms with E-state index < -0.39 is 42.1 Å². The minimum atomic E-state index is -1.58. The number of amides is 2. The Kier molecular flexibility index (Phi) is 6.50. The van der Waals surface area contributed by atoms with Crippen LogP contribution in [0.5, 0.6) is 0 Å². The number of anilines is 1. The van der Waals surface area contributed by atoms with Crippen molar-refractivity contribution in [3.8, 4) is 0 Å². The molecule has 168 valence electrons. The van der Waals surface area contributed by atoms with Gasteiger partial charge >= 0.3 is 12.1 Å². The Morgan fingerprint density at radius 2 is 1.84 bits per heavy atom. The van der Waals surface area contributed by atoms with Crippen molar-refractivity contribution in [3.63, 3.8) is 0 Å². The number of benzene rings is 2. The number of carbonyl (C=O) groups is 3. The summed E-state index contributed by atoms with van der Waals surface area (Å²) in [5, 5.41) is 11.8. The molecule has 8 nitrogen and oxygen atoms in total. The van der Waals surface area contributed by atoms with Gasteiger partial charge in [0.25, 0.3) is 5.91 Å². The summed E-state index contributed by atoms with van der Waals surface area (Å²) in [6, 6.07) is 10.4. The predicted molar refractivity (Wildman–Crippen MR) is 117 cm³/mol. The molecule has 10 heteroatoms. The maximum atomic E-state index is 14.7. The fourth-order valence-electron chi connectivity index (χ4n) is 3.17. The summed E-state index contributed by atoms with van der Waals surface area (Å²) in [5.74, 6) is -2.79. The fourth-order valence-corrected chi connectivity index (χ4v) is 3.44. The molecule has 0 spiro atoms. The highest BCUT2D eigenvalue weighted by atomic mass is 35.5. The van der Waals surface area contributed by atoms with E-state index in [2.05, 4.69) is 10.3 Å². The van der Waals surface area contributed by atoms with Gasteiger partial charge < -0.3 is 9.84 Å². The summed E-state index contributed by atoms with van der Waals surface area (Å²) in [6.45, 7) is 4.17. The molecule has 0 saturated heterocycles. The predicted octanol–water partition coefficient (Wildman–Crippen LogP) is 3.60. The van der Waals surface area contributed by atoms with Crippen LogP contribution in [-0.4, -0.2) is 47.1 Å². The van der Waals surface area contributed by atoms with Crippen LogP contribution in [0.15, 0.2) is 47.5 Å². The molecule has 0 aromatic heterocycles. The molecule has 32 heavy (non-hydrogen) atoms. The van der Waals surface area contributed by atoms with Crippen molar-refractivity contribution in [2.24, 2.45) is 4.99 Å². The van der Waals surface area contributed by atoms with Crippen molar-refractivity contribution >= 4 is 41.0 Å². The molecular formula is C22H21ClFN3O5. The summed E-state index contributed by atoms with van der Waals surface area (Å²) < 4.78 is 19.9. The third kappa shape index (κ3) is 5.05. The maximum absolute atomic E-state index is 14.7. The molecule has 2 aromatic carbocycles. The summed E-state index contributed by atoms with van der Waals surface area (Å²) in [5.41, 5.74) is -0.481. The minimum Gasteiger partial charge on any atom is -0.480 e. The molecule has 1 aliphatic heterocycles. The third-order valence-electron chi connectivity index (χ3n) is 4.35. The number of fused-ring (bicyclic) bond motifs is 1. The Morgan fingerprint density at radius 1 is 1.19 bits per heavy atom. The van der Waals surface area contributed by atoms with Crippen molar-refractivity contribution in [3.05, 3.63) is 64.4 Å². The average Bonchev–Trinajstić information content (AvgIpc) is 2.78. The highest BCUT2D eigenvalue weighted by molar-refractivity contribution is 6.36. The van der Waals surface area contributed by atoms with Crippen LogP contribution < -0.4 is 10.2 Å². The molecule has 0 aliphatic carbocycles. The number of hydrogen-bond acceptors (Lipinski definition) is 5. The number of nitrogens with one attached hydrogen (secondary N) is 1. The highest BCUT2D eigenvalue weighted by Crippen LogP contribution is 2.35. The fraction of sp³-hybridized carbons (Fsp3) is 0.273. The van der Waals surface area contributed by atoms with E-state index in [9.17, 15) is 23.9 Å². The molecule has 2 amide bonds. The summed E-state index contributed by atoms with van der Waals surface area (Å²) in [7, 11) is 0. The summed E-state index contributed by atoms with van der Waals surface area (Å²) in [6.07, 6.45) is -2.53. The van der Waals surface area contributed by atoms with Crippen LogP contribution >= 0.6 is 11.6 Å². The van der Waals surface area contributed by atoms with Gasteiger partial charge in [-0.3, -0.25) is 19.8 Å². The molecule has 0 radical (unpaired) electrons. The Hall–Kier alpha value is -3.46. The number of carbonyl (C=O) groups excluding carboxylic acids is 2. The quantitative estimate of drug-likeness (QED) is 0.723. The van der Waals surface area contributed by atoms with Gasteiger partial charge in [-0.15, -0.1) is 0 Å². The van der Waals surface area contributed by atoms with E-state index in [0.29, 0.717) is 0 Å². The molecule has 0 fully saturated rings. The summed E-state index contributed by atoms with van der Waals surface area (Å²) >= 11 is 6.34. The van der Waals surface area contributed by atoms with E-state index >= 15 is 0 Å². The van der Waals surface area contributed by atoms with E-state index in [0.717, 1.165) is 4.90 Å². The van der Waals surface area contributed by atoms with Gasteiger partial charge in [0.15, 0.2) is 0 Å². The maximum Gasteiger partial charge on any atom is 0.409 e. The number of aliphatic imine (C=N–C) groups is 1. The number of aliphatic carboxylic acids is 1. The number of benzodiazepines with no additional fused rings is 1. The number of hydrogen-bond donors (Lipinski definition) is 2. The lowest BCUT2D eigenvalue weighted by molar-refractivity contribution is -0.136. The van der Waals surface area contributed by atoms with Crippen molar-refractivity contribution in [2.45, 2.75) is 32.5 Å². The van der Waals surface area contributed by atoms with Crippen LogP contribution in [0.4, 0.5) is 14.9 Å². The smallest absolute Gasteiger partial charge is 0.409 e. The minimum absolute atomic E-state index is 0.0305. The molecular weight excluding hydrogens is 441 g/mol. The van der Waals surface area contributed by atoms with Crippen LogP contribution in [0.1, 0.15) is 31.9 Å². The summed E-state index contributed by atoms with van der Waals surface area (Å²) in [4.78, 5) is 42.4.